The lowest BCUT2D eigenvalue weighted by Gasteiger charge is -2.11. The number of H-pyrrole nitrogens is 1. The molecule has 0 saturated carbocycles. The highest BCUT2D eigenvalue weighted by Gasteiger charge is 2.09. The van der Waals surface area contributed by atoms with Crippen molar-refractivity contribution in [3.05, 3.63) is 92.8 Å². The fraction of sp³-hybridized carbons (Fsp3) is 0. The normalized spacial score (nSPS) is 10.7. The molecule has 2 aromatic carbocycles. The molecule has 4 aromatic rings. The predicted octanol–water partition coefficient (Wildman–Crippen LogP) is 5.23. The van der Waals surface area contributed by atoms with Gasteiger partial charge in [0, 0.05) is 34.6 Å². The third-order valence-electron chi connectivity index (χ3n) is 4.24. The first-order chi connectivity index (χ1) is 14.0. The zero-order valence-electron chi connectivity index (χ0n) is 14.9. The predicted molar refractivity (Wildman–Crippen MR) is 117 cm³/mol. The molecule has 29 heavy (non-hydrogen) atoms. The van der Waals surface area contributed by atoms with E-state index in [9.17, 15) is 9.59 Å². The van der Waals surface area contributed by atoms with Crippen LogP contribution in [0, 0.1) is 0 Å². The number of hydrogen-bond acceptors (Lipinski definition) is 4. The molecule has 2 aromatic heterocycles. The van der Waals surface area contributed by atoms with Crippen LogP contribution in [-0.4, -0.2) is 15.9 Å². The quantitative estimate of drug-likeness (QED) is 0.418. The second kappa shape index (κ2) is 7.95. The Kier molecular flexibility index (Phi) is 5.20. The SMILES string of the molecule is O=C(Nc1ccc(Nc2ccnc3[nH]c(=O)ccc23)cc1)c1ccc(Cl)c(Cl)c1. The molecular formula is C21H14Cl2N4O2. The molecule has 8 heteroatoms. The smallest absolute Gasteiger partial charge is 0.255 e. The summed E-state index contributed by atoms with van der Waals surface area (Å²) < 4.78 is 0. The van der Waals surface area contributed by atoms with E-state index in [-0.39, 0.29) is 11.5 Å². The Morgan fingerprint density at radius 2 is 1.66 bits per heavy atom. The molecule has 0 fully saturated rings. The molecule has 2 heterocycles. The molecule has 0 aliphatic heterocycles. The van der Waals surface area contributed by atoms with Crippen molar-refractivity contribution < 1.29 is 4.79 Å². The van der Waals surface area contributed by atoms with Gasteiger partial charge in [-0.15, -0.1) is 0 Å². The number of halogens is 2. The number of rotatable bonds is 4. The number of pyridine rings is 2. The highest BCUT2D eigenvalue weighted by Crippen LogP contribution is 2.25. The van der Waals surface area contributed by atoms with Crippen LogP contribution >= 0.6 is 23.2 Å². The van der Waals surface area contributed by atoms with Crippen molar-refractivity contribution in [2.24, 2.45) is 0 Å². The van der Waals surface area contributed by atoms with Crippen LogP contribution in [0.5, 0.6) is 0 Å². The van der Waals surface area contributed by atoms with E-state index in [0.717, 1.165) is 16.8 Å². The van der Waals surface area contributed by atoms with E-state index in [2.05, 4.69) is 20.6 Å². The number of nitrogens with one attached hydrogen (secondary N) is 3. The minimum atomic E-state index is -0.284. The van der Waals surface area contributed by atoms with Crippen molar-refractivity contribution in [2.45, 2.75) is 0 Å². The number of nitrogens with zero attached hydrogens (tertiary/aromatic N) is 1. The lowest BCUT2D eigenvalue weighted by molar-refractivity contribution is 0.102. The first-order valence-electron chi connectivity index (χ1n) is 8.61. The molecule has 0 aliphatic rings. The molecule has 6 nitrogen and oxygen atoms in total. The highest BCUT2D eigenvalue weighted by atomic mass is 35.5. The summed E-state index contributed by atoms with van der Waals surface area (Å²) in [7, 11) is 0. The van der Waals surface area contributed by atoms with Crippen LogP contribution in [0.2, 0.25) is 10.0 Å². The second-order valence-electron chi connectivity index (χ2n) is 6.23. The number of aromatic amines is 1. The summed E-state index contributed by atoms with van der Waals surface area (Å²) in [6.45, 7) is 0. The third-order valence-corrected chi connectivity index (χ3v) is 4.98. The molecule has 0 unspecified atom stereocenters. The van der Waals surface area contributed by atoms with Crippen LogP contribution in [0.15, 0.2) is 71.7 Å². The van der Waals surface area contributed by atoms with E-state index in [1.54, 1.807) is 36.5 Å². The zero-order valence-corrected chi connectivity index (χ0v) is 16.4. The fourth-order valence-electron chi connectivity index (χ4n) is 2.80. The van der Waals surface area contributed by atoms with Crippen molar-refractivity contribution in [1.82, 2.24) is 9.97 Å². The number of carbonyl (C=O) groups excluding carboxylic acids is 1. The van der Waals surface area contributed by atoms with Crippen LogP contribution in [0.3, 0.4) is 0 Å². The van der Waals surface area contributed by atoms with Gasteiger partial charge in [0.05, 0.1) is 15.7 Å². The summed E-state index contributed by atoms with van der Waals surface area (Å²) in [5, 5.41) is 7.61. The number of aromatic nitrogens is 2. The number of hydrogen-bond donors (Lipinski definition) is 3. The Balaban J connectivity index is 1.50. The molecule has 144 valence electrons. The van der Waals surface area contributed by atoms with Crippen molar-refractivity contribution in [1.29, 1.82) is 0 Å². The van der Waals surface area contributed by atoms with E-state index in [1.165, 1.54) is 12.1 Å². The lowest BCUT2D eigenvalue weighted by atomic mass is 10.2. The van der Waals surface area contributed by atoms with Gasteiger partial charge in [0.25, 0.3) is 5.91 Å². The van der Waals surface area contributed by atoms with E-state index < -0.39 is 0 Å². The summed E-state index contributed by atoms with van der Waals surface area (Å²) in [6, 6.07) is 16.9. The third kappa shape index (κ3) is 4.23. The van der Waals surface area contributed by atoms with Crippen molar-refractivity contribution in [3.8, 4) is 0 Å². The Hall–Kier alpha value is -3.35. The van der Waals surface area contributed by atoms with Crippen LogP contribution in [0.4, 0.5) is 17.1 Å². The maximum Gasteiger partial charge on any atom is 0.255 e. The maximum atomic E-state index is 12.4. The Labute approximate surface area is 175 Å². The van der Waals surface area contributed by atoms with Gasteiger partial charge in [-0.3, -0.25) is 9.59 Å². The van der Waals surface area contributed by atoms with Gasteiger partial charge in [-0.25, -0.2) is 4.98 Å². The minimum absolute atomic E-state index is 0.204. The summed E-state index contributed by atoms with van der Waals surface area (Å²) >= 11 is 11.8. The van der Waals surface area contributed by atoms with Gasteiger partial charge < -0.3 is 15.6 Å². The monoisotopic (exact) mass is 424 g/mol. The zero-order chi connectivity index (χ0) is 20.4. The Morgan fingerprint density at radius 3 is 2.41 bits per heavy atom. The van der Waals surface area contributed by atoms with Crippen LogP contribution in [0.1, 0.15) is 10.4 Å². The molecule has 0 radical (unpaired) electrons. The molecule has 0 bridgehead atoms. The lowest BCUT2D eigenvalue weighted by Crippen LogP contribution is -2.11. The van der Waals surface area contributed by atoms with Gasteiger partial charge in [0.1, 0.15) is 5.65 Å². The summed E-state index contributed by atoms with van der Waals surface area (Å²) in [4.78, 5) is 30.7. The van der Waals surface area contributed by atoms with Gasteiger partial charge in [-0.05, 0) is 54.6 Å². The highest BCUT2D eigenvalue weighted by molar-refractivity contribution is 6.42. The largest absolute Gasteiger partial charge is 0.355 e. The molecule has 3 N–H and O–H groups in total. The average Bonchev–Trinajstić information content (AvgIpc) is 2.71. The van der Waals surface area contributed by atoms with Gasteiger partial charge in [-0.2, -0.15) is 0 Å². The summed E-state index contributed by atoms with van der Waals surface area (Å²) in [5.41, 5.74) is 2.97. The standard InChI is InChI=1S/C21H14Cl2N4O2/c22-16-7-1-12(11-17(16)23)21(29)26-14-4-2-13(3-5-14)25-18-9-10-24-20-15(18)6-8-19(28)27-20/h1-11H,(H,26,29)(H2,24,25,27,28). The van der Waals surface area contributed by atoms with E-state index in [0.29, 0.717) is 26.9 Å². The number of anilines is 3. The van der Waals surface area contributed by atoms with Gasteiger partial charge >= 0.3 is 0 Å². The number of carbonyl (C=O) groups is 1. The molecule has 0 aliphatic carbocycles. The van der Waals surface area contributed by atoms with Crippen LogP contribution in [0.25, 0.3) is 11.0 Å². The average molecular weight is 425 g/mol. The number of fused-ring (bicyclic) bond motifs is 1. The minimum Gasteiger partial charge on any atom is -0.355 e. The van der Waals surface area contributed by atoms with E-state index in [1.807, 2.05) is 18.2 Å². The molecule has 0 saturated heterocycles. The van der Waals surface area contributed by atoms with Crippen molar-refractivity contribution in [3.63, 3.8) is 0 Å². The van der Waals surface area contributed by atoms with Crippen LogP contribution in [-0.2, 0) is 0 Å². The fourth-order valence-corrected chi connectivity index (χ4v) is 3.10. The Morgan fingerprint density at radius 1 is 0.897 bits per heavy atom. The van der Waals surface area contributed by atoms with Gasteiger partial charge in [0.15, 0.2) is 0 Å². The van der Waals surface area contributed by atoms with Crippen LogP contribution < -0.4 is 16.2 Å². The molecule has 1 amide bonds. The summed E-state index contributed by atoms with van der Waals surface area (Å²) in [6.07, 6.45) is 1.62. The summed E-state index contributed by atoms with van der Waals surface area (Å²) in [5.74, 6) is -0.284. The number of benzene rings is 2. The first-order valence-corrected chi connectivity index (χ1v) is 9.37. The molecule has 0 spiro atoms. The van der Waals surface area contributed by atoms with Crippen molar-refractivity contribution in [2.75, 3.05) is 10.6 Å². The molecular weight excluding hydrogens is 411 g/mol. The van der Waals surface area contributed by atoms with Gasteiger partial charge in [0.2, 0.25) is 5.56 Å². The topological polar surface area (TPSA) is 86.9 Å². The molecule has 4 rings (SSSR count). The van der Waals surface area contributed by atoms with Crippen molar-refractivity contribution >= 4 is 57.2 Å². The van der Waals surface area contributed by atoms with E-state index >= 15 is 0 Å². The Bertz CT molecular complexity index is 1270. The molecule has 0 atom stereocenters. The number of amides is 1. The first kappa shape index (κ1) is 19.0. The maximum absolute atomic E-state index is 12.4. The van der Waals surface area contributed by atoms with E-state index in [4.69, 9.17) is 23.2 Å². The van der Waals surface area contributed by atoms with Gasteiger partial charge in [-0.1, -0.05) is 23.2 Å². The second-order valence-corrected chi connectivity index (χ2v) is 7.04.